The highest BCUT2D eigenvalue weighted by Crippen LogP contribution is 2.13. The Balaban J connectivity index is 2.24. The minimum atomic E-state index is -0.139. The maximum Gasteiger partial charge on any atom is 0.229 e. The van der Waals surface area contributed by atoms with Gasteiger partial charge in [-0.05, 0) is 18.9 Å². The third-order valence-corrected chi connectivity index (χ3v) is 2.62. The fourth-order valence-corrected chi connectivity index (χ4v) is 1.89. The lowest BCUT2D eigenvalue weighted by Gasteiger charge is -2.09. The fourth-order valence-electron chi connectivity index (χ4n) is 1.89. The van der Waals surface area contributed by atoms with Crippen LogP contribution in [0.2, 0.25) is 0 Å². The minimum Gasteiger partial charge on any atom is -0.314 e. The van der Waals surface area contributed by atoms with Crippen molar-refractivity contribution < 1.29 is 4.79 Å². The van der Waals surface area contributed by atoms with Crippen LogP contribution in [0.4, 0.5) is 5.95 Å². The lowest BCUT2D eigenvalue weighted by Crippen LogP contribution is -2.27. The highest BCUT2D eigenvalue weighted by atomic mass is 16.1. The topological polar surface area (TPSA) is 66.9 Å². The molecule has 2 rings (SSSR count). The lowest BCUT2D eigenvalue weighted by atomic mass is 10.1. The van der Waals surface area contributed by atoms with Gasteiger partial charge in [0.2, 0.25) is 11.9 Å². The molecule has 16 heavy (non-hydrogen) atoms. The van der Waals surface area contributed by atoms with Gasteiger partial charge >= 0.3 is 0 Å². The van der Waals surface area contributed by atoms with Crippen molar-refractivity contribution in [3.05, 3.63) is 17.5 Å². The standard InChI is InChI=1S/C11H16N4O/c1-7-5-9-6-13-11(14-8(2)16)15-10(9)3-4-12-7/h6-7,12H,3-5H2,1-2H3,(H,13,14,15,16). The molecule has 0 spiro atoms. The number of amides is 1. The fraction of sp³-hybridized carbons (Fsp3) is 0.545. The van der Waals surface area contributed by atoms with E-state index in [2.05, 4.69) is 27.5 Å². The van der Waals surface area contributed by atoms with Gasteiger partial charge in [0.1, 0.15) is 0 Å². The first-order valence-electron chi connectivity index (χ1n) is 5.51. The summed E-state index contributed by atoms with van der Waals surface area (Å²) in [5.41, 5.74) is 2.21. The first-order chi connectivity index (χ1) is 7.65. The average Bonchev–Trinajstić information content (AvgIpc) is 2.37. The SMILES string of the molecule is CC(=O)Nc1ncc2c(n1)CCNC(C)C2. The van der Waals surface area contributed by atoms with Gasteiger partial charge in [0.25, 0.3) is 0 Å². The number of rotatable bonds is 1. The summed E-state index contributed by atoms with van der Waals surface area (Å²) in [7, 11) is 0. The third kappa shape index (κ3) is 2.55. The molecular formula is C11H16N4O. The maximum absolute atomic E-state index is 10.9. The van der Waals surface area contributed by atoms with E-state index >= 15 is 0 Å². The van der Waals surface area contributed by atoms with Gasteiger partial charge in [0, 0.05) is 32.1 Å². The van der Waals surface area contributed by atoms with E-state index in [4.69, 9.17) is 0 Å². The Labute approximate surface area is 94.7 Å². The zero-order chi connectivity index (χ0) is 11.5. The first kappa shape index (κ1) is 11.0. The number of hydrogen-bond donors (Lipinski definition) is 2. The molecular weight excluding hydrogens is 204 g/mol. The van der Waals surface area contributed by atoms with Gasteiger partial charge in [0.15, 0.2) is 0 Å². The average molecular weight is 220 g/mol. The Hall–Kier alpha value is -1.49. The van der Waals surface area contributed by atoms with E-state index in [-0.39, 0.29) is 5.91 Å². The number of hydrogen-bond acceptors (Lipinski definition) is 4. The van der Waals surface area contributed by atoms with Crippen LogP contribution in [0.1, 0.15) is 25.1 Å². The summed E-state index contributed by atoms with van der Waals surface area (Å²) >= 11 is 0. The molecule has 0 bridgehead atoms. The largest absolute Gasteiger partial charge is 0.314 e. The second kappa shape index (κ2) is 4.57. The summed E-state index contributed by atoms with van der Waals surface area (Å²) in [6.45, 7) is 4.53. The van der Waals surface area contributed by atoms with E-state index in [0.717, 1.165) is 25.1 Å². The molecule has 0 fully saturated rings. The molecule has 1 unspecified atom stereocenters. The summed E-state index contributed by atoms with van der Waals surface area (Å²) in [4.78, 5) is 19.4. The van der Waals surface area contributed by atoms with E-state index in [1.165, 1.54) is 12.5 Å². The molecule has 0 saturated heterocycles. The molecule has 1 atom stereocenters. The van der Waals surface area contributed by atoms with Crippen LogP contribution in [-0.2, 0) is 17.6 Å². The number of aromatic nitrogens is 2. The Morgan fingerprint density at radius 2 is 2.44 bits per heavy atom. The second-order valence-corrected chi connectivity index (χ2v) is 4.16. The van der Waals surface area contributed by atoms with Crippen LogP contribution in [0.25, 0.3) is 0 Å². The van der Waals surface area contributed by atoms with E-state index in [1.54, 1.807) is 0 Å². The lowest BCUT2D eigenvalue weighted by molar-refractivity contribution is -0.114. The Morgan fingerprint density at radius 3 is 3.19 bits per heavy atom. The van der Waals surface area contributed by atoms with Crippen LogP contribution in [0.5, 0.6) is 0 Å². The monoisotopic (exact) mass is 220 g/mol. The van der Waals surface area contributed by atoms with Crippen LogP contribution in [-0.4, -0.2) is 28.5 Å². The second-order valence-electron chi connectivity index (χ2n) is 4.16. The van der Waals surface area contributed by atoms with Crippen molar-refractivity contribution >= 4 is 11.9 Å². The van der Waals surface area contributed by atoms with Crippen molar-refractivity contribution in [3.8, 4) is 0 Å². The molecule has 1 amide bonds. The van der Waals surface area contributed by atoms with Crippen LogP contribution in [0, 0.1) is 0 Å². The van der Waals surface area contributed by atoms with Gasteiger partial charge in [-0.2, -0.15) is 0 Å². The number of nitrogens with one attached hydrogen (secondary N) is 2. The molecule has 1 aromatic heterocycles. The molecule has 0 aromatic carbocycles. The predicted octanol–water partition coefficient (Wildman–Crippen LogP) is 0.512. The van der Waals surface area contributed by atoms with Crippen molar-refractivity contribution in [2.75, 3.05) is 11.9 Å². The summed E-state index contributed by atoms with van der Waals surface area (Å²) in [6.07, 6.45) is 3.64. The van der Waals surface area contributed by atoms with Gasteiger partial charge < -0.3 is 5.32 Å². The number of anilines is 1. The molecule has 86 valence electrons. The third-order valence-electron chi connectivity index (χ3n) is 2.62. The minimum absolute atomic E-state index is 0.139. The molecule has 1 aliphatic heterocycles. The number of fused-ring (bicyclic) bond motifs is 1. The normalized spacial score (nSPS) is 19.8. The predicted molar refractivity (Wildman–Crippen MR) is 61.2 cm³/mol. The van der Waals surface area contributed by atoms with Crippen LogP contribution in [0.3, 0.4) is 0 Å². The highest BCUT2D eigenvalue weighted by molar-refractivity contribution is 5.86. The van der Waals surface area contributed by atoms with Crippen molar-refractivity contribution in [2.45, 2.75) is 32.7 Å². The first-order valence-corrected chi connectivity index (χ1v) is 5.51. The van der Waals surface area contributed by atoms with Crippen LogP contribution < -0.4 is 10.6 Å². The van der Waals surface area contributed by atoms with E-state index < -0.39 is 0 Å². The zero-order valence-corrected chi connectivity index (χ0v) is 9.58. The van der Waals surface area contributed by atoms with Crippen molar-refractivity contribution in [2.24, 2.45) is 0 Å². The smallest absolute Gasteiger partial charge is 0.229 e. The van der Waals surface area contributed by atoms with E-state index in [9.17, 15) is 4.79 Å². The Morgan fingerprint density at radius 1 is 1.62 bits per heavy atom. The Kier molecular flexibility index (Phi) is 3.14. The highest BCUT2D eigenvalue weighted by Gasteiger charge is 2.14. The van der Waals surface area contributed by atoms with Crippen molar-refractivity contribution in [1.82, 2.24) is 15.3 Å². The molecule has 0 radical (unpaired) electrons. The molecule has 0 aliphatic carbocycles. The quantitative estimate of drug-likeness (QED) is 0.723. The van der Waals surface area contributed by atoms with Crippen LogP contribution in [0.15, 0.2) is 6.20 Å². The molecule has 2 heterocycles. The molecule has 0 saturated carbocycles. The Bertz CT molecular complexity index is 405. The van der Waals surface area contributed by atoms with Crippen LogP contribution >= 0.6 is 0 Å². The zero-order valence-electron chi connectivity index (χ0n) is 9.58. The summed E-state index contributed by atoms with van der Waals surface area (Å²) < 4.78 is 0. The number of nitrogens with zero attached hydrogens (tertiary/aromatic N) is 2. The van der Waals surface area contributed by atoms with Crippen molar-refractivity contribution in [3.63, 3.8) is 0 Å². The molecule has 2 N–H and O–H groups in total. The van der Waals surface area contributed by atoms with Gasteiger partial charge in [-0.1, -0.05) is 0 Å². The molecule has 5 nitrogen and oxygen atoms in total. The van der Waals surface area contributed by atoms with Gasteiger partial charge in [-0.3, -0.25) is 10.1 Å². The van der Waals surface area contributed by atoms with Gasteiger partial charge in [0.05, 0.1) is 5.69 Å². The van der Waals surface area contributed by atoms with Gasteiger partial charge in [-0.15, -0.1) is 0 Å². The van der Waals surface area contributed by atoms with E-state index in [0.29, 0.717) is 12.0 Å². The summed E-state index contributed by atoms with van der Waals surface area (Å²) in [6, 6.07) is 0.455. The maximum atomic E-state index is 10.9. The molecule has 1 aliphatic rings. The van der Waals surface area contributed by atoms with Gasteiger partial charge in [-0.25, -0.2) is 9.97 Å². The van der Waals surface area contributed by atoms with E-state index in [1.807, 2.05) is 6.20 Å². The summed E-state index contributed by atoms with van der Waals surface area (Å²) in [5, 5.41) is 6.00. The molecule has 1 aromatic rings. The molecule has 5 heteroatoms. The summed E-state index contributed by atoms with van der Waals surface area (Å²) in [5.74, 6) is 0.265. The number of carbonyl (C=O) groups is 1. The number of carbonyl (C=O) groups excluding carboxylic acids is 1. The van der Waals surface area contributed by atoms with Crippen molar-refractivity contribution in [1.29, 1.82) is 0 Å².